The molecule has 2 aromatic carbocycles. The summed E-state index contributed by atoms with van der Waals surface area (Å²) in [4.78, 5) is 47.4. The Morgan fingerprint density at radius 2 is 1.01 bits per heavy atom. The number of carbonyl (C=O) groups is 3. The van der Waals surface area contributed by atoms with Gasteiger partial charge in [-0.2, -0.15) is 0 Å². The van der Waals surface area contributed by atoms with Crippen molar-refractivity contribution in [2.75, 3.05) is 0 Å². The van der Waals surface area contributed by atoms with Gasteiger partial charge in [-0.1, -0.05) is 24.3 Å². The summed E-state index contributed by atoms with van der Waals surface area (Å²) in [6, 6.07) is 10.8. The number of nitrogens with two attached hydrogens (primary N) is 1. The average molecular weight is 1120 g/mol. The molecule has 4 aromatic rings. The first-order valence-electron chi connectivity index (χ1n) is 25.9. The van der Waals surface area contributed by atoms with Crippen LogP contribution in [0.5, 0.6) is 0 Å². The molecule has 2 amide bonds. The lowest BCUT2D eigenvalue weighted by Crippen LogP contribution is -2.40. The van der Waals surface area contributed by atoms with Gasteiger partial charge in [0.25, 0.3) is 0 Å². The highest BCUT2D eigenvalue weighted by Crippen LogP contribution is 2.42. The Balaban J connectivity index is 0.000000282. The van der Waals surface area contributed by atoms with Crippen molar-refractivity contribution in [3.63, 3.8) is 0 Å². The summed E-state index contributed by atoms with van der Waals surface area (Å²) in [5.41, 5.74) is 6.63. The van der Waals surface area contributed by atoms with Crippen LogP contribution in [-0.2, 0) is 52.0 Å². The number of aryl methyl sites for hydroxylation is 1. The maximum absolute atomic E-state index is 13.6. The van der Waals surface area contributed by atoms with Crippen molar-refractivity contribution in [1.82, 2.24) is 30.0 Å². The van der Waals surface area contributed by atoms with Crippen molar-refractivity contribution in [1.29, 1.82) is 0 Å². The lowest BCUT2D eigenvalue weighted by molar-refractivity contribution is -0.154. The largest absolute Gasteiger partial charge is 0.460 e. The number of nitrogens with one attached hydrogen (secondary N) is 4. The van der Waals surface area contributed by atoms with Crippen LogP contribution < -0.4 is 25.8 Å². The maximum Gasteiger partial charge on any atom is 0.407 e. The monoisotopic (exact) mass is 1120 g/mol. The molecule has 2 heterocycles. The van der Waals surface area contributed by atoms with E-state index in [1.54, 1.807) is 51.4 Å². The van der Waals surface area contributed by atoms with E-state index in [-0.39, 0.29) is 77.0 Å². The number of nitrogens with zero attached hydrogens (tertiary/aromatic N) is 2. The molecule has 0 atom stereocenters. The number of ether oxygens (including phenoxy) is 3. The van der Waals surface area contributed by atoms with Crippen molar-refractivity contribution >= 4 is 60.9 Å². The van der Waals surface area contributed by atoms with Gasteiger partial charge in [-0.15, -0.1) is 22.7 Å². The normalized spacial score (nSPS) is 18.7. The fourth-order valence-electron chi connectivity index (χ4n) is 8.82. The number of esters is 1. The molecule has 0 aliphatic heterocycles. The van der Waals surface area contributed by atoms with Gasteiger partial charge >= 0.3 is 18.2 Å². The molecule has 0 radical (unpaired) electrons. The average Bonchev–Trinajstić information content (AvgIpc) is 3.98. The molecule has 0 saturated heterocycles. The van der Waals surface area contributed by atoms with Crippen molar-refractivity contribution in [3.05, 3.63) is 69.9 Å². The summed E-state index contributed by atoms with van der Waals surface area (Å²) in [5.74, 6) is 0.204. The molecule has 0 spiro atoms. The van der Waals surface area contributed by atoms with Gasteiger partial charge in [-0.3, -0.25) is 4.79 Å². The molecule has 6 N–H and O–H groups in total. The molecule has 2 aliphatic carbocycles. The van der Waals surface area contributed by atoms with Crippen LogP contribution in [0.15, 0.2) is 58.6 Å². The molecule has 21 heteroatoms. The van der Waals surface area contributed by atoms with Crippen molar-refractivity contribution in [2.45, 2.75) is 223 Å². The number of amides is 2. The minimum atomic E-state index is -3.87. The zero-order chi connectivity index (χ0) is 55.7. The minimum Gasteiger partial charge on any atom is -0.460 e. The second-order valence-corrected chi connectivity index (χ2v) is 28.5. The second kappa shape index (κ2) is 25.8. The number of hydrogen-bond donors (Lipinski definition) is 5. The molecule has 17 nitrogen and oxygen atoms in total. The smallest absolute Gasteiger partial charge is 0.407 e. The van der Waals surface area contributed by atoms with Crippen LogP contribution in [0.25, 0.3) is 20.9 Å². The Labute approximate surface area is 453 Å². The second-order valence-electron chi connectivity index (χ2n) is 23.1. The quantitative estimate of drug-likeness (QED) is 0.0518. The van der Waals surface area contributed by atoms with E-state index in [2.05, 4.69) is 30.0 Å². The molecular formula is C54H81N7O10S4. The van der Waals surface area contributed by atoms with Gasteiger partial charge < -0.3 is 30.6 Å². The standard InChI is InChI=1S/C30H45N3O6S2.C24H36N4O4S2/c1-19(2)38-28(35)32-22-13-11-21(12-14-22)27-31-18-24(40-27)23-15-9-20(10-16-26(34)39-30(6,7)8)17-25(23)41(36,37)33-29(3,4)5;1-15(2)32-23(29)27-18-9-7-17(8-10-18)22-26-14-20(33-22)19-11-6-16(13-25)12-21(19)34(30,31)28-24(3,4)5/h9,15,17-19,21-22,33H,10-14,16H2,1-8H3,(H,32,35);6,11-12,14-15,17-18,28H,7-10,13,25H2,1-5H3,(H,27,29). The van der Waals surface area contributed by atoms with Crippen LogP contribution in [0.1, 0.15) is 181 Å². The number of rotatable bonds is 16. The third kappa shape index (κ3) is 19.5. The number of sulfonamides is 2. The van der Waals surface area contributed by atoms with Gasteiger partial charge in [-0.25, -0.2) is 45.8 Å². The molecule has 2 aromatic heterocycles. The first kappa shape index (κ1) is 61.3. The number of benzene rings is 2. The van der Waals surface area contributed by atoms with Gasteiger partial charge in [0.05, 0.1) is 41.8 Å². The van der Waals surface area contributed by atoms with E-state index in [0.29, 0.717) is 17.5 Å². The molecule has 2 fully saturated rings. The zero-order valence-corrected chi connectivity index (χ0v) is 49.3. The van der Waals surface area contributed by atoms with E-state index in [0.717, 1.165) is 82.3 Å². The fourth-order valence-corrected chi connectivity index (χ4v) is 14.6. The highest BCUT2D eigenvalue weighted by atomic mass is 32.2. The lowest BCUT2D eigenvalue weighted by Gasteiger charge is -2.28. The van der Waals surface area contributed by atoms with Crippen LogP contribution >= 0.6 is 22.7 Å². The topological polar surface area (TPSA) is 247 Å². The number of carbonyl (C=O) groups excluding carboxylic acids is 3. The summed E-state index contributed by atoms with van der Waals surface area (Å²) in [6.07, 6.45) is 9.90. The van der Waals surface area contributed by atoms with E-state index in [1.165, 1.54) is 22.7 Å². The van der Waals surface area contributed by atoms with E-state index in [9.17, 15) is 31.2 Å². The van der Waals surface area contributed by atoms with E-state index < -0.39 is 36.7 Å². The van der Waals surface area contributed by atoms with Crippen molar-refractivity contribution in [2.24, 2.45) is 5.73 Å². The van der Waals surface area contributed by atoms with E-state index in [4.69, 9.17) is 19.9 Å². The van der Waals surface area contributed by atoms with Crippen LogP contribution in [0, 0.1) is 0 Å². The van der Waals surface area contributed by atoms with Gasteiger partial charge in [0.2, 0.25) is 20.0 Å². The Kier molecular flexibility index (Phi) is 21.1. The van der Waals surface area contributed by atoms with Gasteiger partial charge in [0.15, 0.2) is 0 Å². The fraction of sp³-hybridized carbons (Fsp3) is 0.611. The summed E-state index contributed by atoms with van der Waals surface area (Å²) in [5, 5.41) is 7.85. The van der Waals surface area contributed by atoms with Crippen LogP contribution in [0.4, 0.5) is 9.59 Å². The zero-order valence-electron chi connectivity index (χ0n) is 46.0. The highest BCUT2D eigenvalue weighted by molar-refractivity contribution is 7.90. The Morgan fingerprint density at radius 1 is 0.627 bits per heavy atom. The SMILES string of the molecule is CC(C)OC(=O)NC1CCC(c2ncc(-c3ccc(CCC(=O)OC(C)(C)C)cc3S(=O)(=O)NC(C)(C)C)s2)CC1.CC(C)OC(=O)NC1CCC(c2ncc(-c3ccc(CN)cc3S(=O)(=O)NC(C)(C)C)s2)CC1. The Bertz CT molecular complexity index is 2790. The first-order chi connectivity index (χ1) is 34.8. The lowest BCUT2D eigenvalue weighted by atomic mass is 9.86. The minimum absolute atomic E-state index is 0.0744. The third-order valence-electron chi connectivity index (χ3n) is 11.9. The van der Waals surface area contributed by atoms with Crippen LogP contribution in [0.3, 0.4) is 0 Å². The van der Waals surface area contributed by atoms with Crippen molar-refractivity contribution < 1.29 is 45.4 Å². The highest BCUT2D eigenvalue weighted by Gasteiger charge is 2.32. The molecule has 6 rings (SSSR count). The molecule has 416 valence electrons. The number of thiazole rings is 2. The maximum atomic E-state index is 13.6. The Hall–Kier alpha value is -4.51. The summed E-state index contributed by atoms with van der Waals surface area (Å²) < 4.78 is 74.8. The van der Waals surface area contributed by atoms with Gasteiger partial charge in [0.1, 0.15) is 5.60 Å². The summed E-state index contributed by atoms with van der Waals surface area (Å²) in [6.45, 7) is 23.9. The summed E-state index contributed by atoms with van der Waals surface area (Å²) >= 11 is 3.04. The molecule has 2 saturated carbocycles. The molecular weight excluding hydrogens is 1030 g/mol. The predicted octanol–water partition coefficient (Wildman–Crippen LogP) is 10.8. The molecule has 2 aliphatic rings. The van der Waals surface area contributed by atoms with Crippen LogP contribution in [0.2, 0.25) is 0 Å². The molecule has 0 unspecified atom stereocenters. The van der Waals surface area contributed by atoms with E-state index >= 15 is 0 Å². The number of hydrogen-bond acceptors (Lipinski definition) is 15. The van der Waals surface area contributed by atoms with Crippen molar-refractivity contribution in [3.8, 4) is 20.9 Å². The molecule has 0 bridgehead atoms. The van der Waals surface area contributed by atoms with Gasteiger partial charge in [-0.05, 0) is 171 Å². The number of alkyl carbamates (subject to hydrolysis) is 2. The third-order valence-corrected chi connectivity index (χ3v) is 17.9. The number of aromatic nitrogens is 2. The van der Waals surface area contributed by atoms with Gasteiger partial charge in [0, 0.05) is 71.5 Å². The predicted molar refractivity (Wildman–Crippen MR) is 297 cm³/mol. The van der Waals surface area contributed by atoms with Crippen LogP contribution in [-0.4, -0.2) is 85.9 Å². The first-order valence-corrected chi connectivity index (χ1v) is 30.5. The summed E-state index contributed by atoms with van der Waals surface area (Å²) in [7, 11) is -7.62. The van der Waals surface area contributed by atoms with E-state index in [1.807, 2.05) is 87.4 Å². The Morgan fingerprint density at radius 3 is 1.37 bits per heavy atom. The molecule has 75 heavy (non-hydrogen) atoms.